The lowest BCUT2D eigenvalue weighted by Crippen LogP contribution is -2.27. The number of amides is 1. The van der Waals surface area contributed by atoms with Crippen LogP contribution in [0.25, 0.3) is 0 Å². The third-order valence-electron chi connectivity index (χ3n) is 3.46. The van der Waals surface area contributed by atoms with E-state index in [0.29, 0.717) is 5.13 Å². The molecule has 0 fully saturated rings. The topological polar surface area (TPSA) is 144 Å². The van der Waals surface area contributed by atoms with Gasteiger partial charge in [0.25, 0.3) is 5.69 Å². The Morgan fingerprint density at radius 3 is 2.59 bits per heavy atom. The number of unbranched alkanes of at least 4 members (excludes halogenated alkanes) is 1. The second kappa shape index (κ2) is 9.48. The number of anilines is 1. The second-order valence-corrected chi connectivity index (χ2v) is 8.38. The predicted molar refractivity (Wildman–Crippen MR) is 100 cm³/mol. The van der Waals surface area contributed by atoms with Gasteiger partial charge < -0.3 is 5.32 Å². The van der Waals surface area contributed by atoms with Crippen LogP contribution in [0.15, 0.2) is 29.2 Å². The molecule has 1 amide bonds. The number of aryl methyl sites for hydroxylation is 1. The van der Waals surface area contributed by atoms with E-state index in [1.807, 2.05) is 0 Å². The fourth-order valence-corrected chi connectivity index (χ4v) is 3.87. The third kappa shape index (κ3) is 6.34. The SMILES string of the molecule is CCCCc1nnc(NC(=O)CCNS(=O)(=O)c2ccc([N+](=O)[O-])cc2)s1. The van der Waals surface area contributed by atoms with Gasteiger partial charge in [0, 0.05) is 31.5 Å². The van der Waals surface area contributed by atoms with Crippen LogP contribution in [0.1, 0.15) is 31.2 Å². The van der Waals surface area contributed by atoms with Gasteiger partial charge in [0.05, 0.1) is 9.82 Å². The summed E-state index contributed by atoms with van der Waals surface area (Å²) in [5, 5.41) is 22.3. The summed E-state index contributed by atoms with van der Waals surface area (Å²) in [5.74, 6) is -0.389. The van der Waals surface area contributed by atoms with E-state index in [9.17, 15) is 23.3 Å². The molecule has 0 saturated carbocycles. The third-order valence-corrected chi connectivity index (χ3v) is 5.83. The fourth-order valence-electron chi connectivity index (χ4n) is 2.04. The van der Waals surface area contributed by atoms with Crippen LogP contribution in [-0.2, 0) is 21.2 Å². The Bertz CT molecular complexity index is 896. The van der Waals surface area contributed by atoms with Crippen LogP contribution < -0.4 is 10.0 Å². The first kappa shape index (κ1) is 20.9. The largest absolute Gasteiger partial charge is 0.300 e. The molecule has 1 aromatic heterocycles. The van der Waals surface area contributed by atoms with Crippen molar-refractivity contribution in [3.63, 3.8) is 0 Å². The molecule has 146 valence electrons. The molecule has 0 saturated heterocycles. The van der Waals surface area contributed by atoms with Gasteiger partial charge in [-0.05, 0) is 18.6 Å². The van der Waals surface area contributed by atoms with E-state index in [-0.39, 0.29) is 29.5 Å². The highest BCUT2D eigenvalue weighted by atomic mass is 32.2. The Balaban J connectivity index is 1.82. The lowest BCUT2D eigenvalue weighted by Gasteiger charge is -2.06. The zero-order chi connectivity index (χ0) is 19.9. The highest BCUT2D eigenvalue weighted by Crippen LogP contribution is 2.18. The molecule has 0 atom stereocenters. The number of rotatable bonds is 10. The summed E-state index contributed by atoms with van der Waals surface area (Å²) in [6.07, 6.45) is 2.75. The number of nitro benzene ring substituents is 1. The van der Waals surface area contributed by atoms with Gasteiger partial charge in [0.15, 0.2) is 0 Å². The molecule has 0 radical (unpaired) electrons. The number of nitrogens with zero attached hydrogens (tertiary/aromatic N) is 3. The van der Waals surface area contributed by atoms with Crippen molar-refractivity contribution in [2.45, 2.75) is 37.5 Å². The number of carbonyl (C=O) groups is 1. The summed E-state index contributed by atoms with van der Waals surface area (Å²) < 4.78 is 26.5. The molecule has 1 aromatic carbocycles. The summed E-state index contributed by atoms with van der Waals surface area (Å²) in [7, 11) is -3.86. The number of carbonyl (C=O) groups excluding carboxylic acids is 1. The van der Waals surface area contributed by atoms with E-state index in [2.05, 4.69) is 27.2 Å². The maximum absolute atomic E-state index is 12.1. The van der Waals surface area contributed by atoms with Crippen molar-refractivity contribution in [1.29, 1.82) is 0 Å². The lowest BCUT2D eigenvalue weighted by atomic mass is 10.3. The Kier molecular flexibility index (Phi) is 7.33. The number of hydrogen-bond donors (Lipinski definition) is 2. The molecule has 0 aliphatic rings. The van der Waals surface area contributed by atoms with E-state index < -0.39 is 14.9 Å². The molecule has 0 aliphatic heterocycles. The van der Waals surface area contributed by atoms with Crippen LogP contribution in [0.2, 0.25) is 0 Å². The summed E-state index contributed by atoms with van der Waals surface area (Å²) in [4.78, 5) is 21.8. The van der Waals surface area contributed by atoms with Gasteiger partial charge in [0.2, 0.25) is 21.1 Å². The Labute approximate surface area is 160 Å². The minimum Gasteiger partial charge on any atom is -0.300 e. The monoisotopic (exact) mass is 413 g/mol. The van der Waals surface area contributed by atoms with Gasteiger partial charge in [-0.2, -0.15) is 0 Å². The highest BCUT2D eigenvalue weighted by molar-refractivity contribution is 7.89. The molecule has 0 spiro atoms. The average molecular weight is 413 g/mol. The van der Waals surface area contributed by atoms with Gasteiger partial charge in [-0.25, -0.2) is 13.1 Å². The number of benzene rings is 1. The van der Waals surface area contributed by atoms with Gasteiger partial charge in [-0.15, -0.1) is 10.2 Å². The van der Waals surface area contributed by atoms with Crippen molar-refractivity contribution >= 4 is 38.1 Å². The van der Waals surface area contributed by atoms with E-state index in [0.717, 1.165) is 48.5 Å². The second-order valence-electron chi connectivity index (χ2n) is 5.55. The maximum Gasteiger partial charge on any atom is 0.269 e. The molecule has 27 heavy (non-hydrogen) atoms. The zero-order valence-electron chi connectivity index (χ0n) is 14.5. The number of nitro groups is 1. The number of non-ortho nitro benzene ring substituents is 1. The smallest absolute Gasteiger partial charge is 0.269 e. The normalized spacial score (nSPS) is 11.3. The van der Waals surface area contributed by atoms with Gasteiger partial charge in [0.1, 0.15) is 5.01 Å². The highest BCUT2D eigenvalue weighted by Gasteiger charge is 2.16. The average Bonchev–Trinajstić information content (AvgIpc) is 3.07. The summed E-state index contributed by atoms with van der Waals surface area (Å²) in [6, 6.07) is 4.49. The predicted octanol–water partition coefficient (Wildman–Crippen LogP) is 2.10. The van der Waals surface area contributed by atoms with Crippen molar-refractivity contribution in [2.24, 2.45) is 0 Å². The minimum absolute atomic E-state index is 0.0872. The zero-order valence-corrected chi connectivity index (χ0v) is 16.2. The molecule has 2 aromatic rings. The van der Waals surface area contributed by atoms with Crippen LogP contribution >= 0.6 is 11.3 Å². The Morgan fingerprint density at radius 2 is 1.96 bits per heavy atom. The molecule has 1 heterocycles. The van der Waals surface area contributed by atoms with Crippen molar-refractivity contribution in [1.82, 2.24) is 14.9 Å². The quantitative estimate of drug-likeness (QED) is 0.448. The molecule has 0 unspecified atom stereocenters. The minimum atomic E-state index is -3.86. The molecule has 2 N–H and O–H groups in total. The Hall–Kier alpha value is -2.44. The van der Waals surface area contributed by atoms with Crippen molar-refractivity contribution < 1.29 is 18.1 Å². The Morgan fingerprint density at radius 1 is 1.26 bits per heavy atom. The molecule has 0 bridgehead atoms. The van der Waals surface area contributed by atoms with Gasteiger partial charge in [-0.1, -0.05) is 24.7 Å². The van der Waals surface area contributed by atoms with Gasteiger partial charge in [-0.3, -0.25) is 14.9 Å². The van der Waals surface area contributed by atoms with E-state index >= 15 is 0 Å². The van der Waals surface area contributed by atoms with E-state index in [1.54, 1.807) is 0 Å². The first-order chi connectivity index (χ1) is 12.8. The standard InChI is InChI=1S/C15H19N5O5S2/c1-2-3-4-14-18-19-15(26-14)17-13(21)9-10-16-27(24,25)12-7-5-11(6-8-12)20(22)23/h5-8,16H,2-4,9-10H2,1H3,(H,17,19,21). The first-order valence-electron chi connectivity index (χ1n) is 8.18. The van der Waals surface area contributed by atoms with Crippen LogP contribution in [0.4, 0.5) is 10.8 Å². The molecule has 10 nitrogen and oxygen atoms in total. The molecular weight excluding hydrogens is 394 g/mol. The number of sulfonamides is 1. The molecule has 0 aliphatic carbocycles. The summed E-state index contributed by atoms with van der Waals surface area (Å²) in [6.45, 7) is 1.95. The van der Waals surface area contributed by atoms with E-state index in [4.69, 9.17) is 0 Å². The molecule has 12 heteroatoms. The summed E-state index contributed by atoms with van der Waals surface area (Å²) >= 11 is 1.29. The van der Waals surface area contributed by atoms with Crippen molar-refractivity contribution in [3.8, 4) is 0 Å². The molecule has 2 rings (SSSR count). The van der Waals surface area contributed by atoms with Crippen molar-refractivity contribution in [2.75, 3.05) is 11.9 Å². The van der Waals surface area contributed by atoms with Crippen LogP contribution in [0.3, 0.4) is 0 Å². The number of hydrogen-bond acceptors (Lipinski definition) is 8. The maximum atomic E-state index is 12.1. The lowest BCUT2D eigenvalue weighted by molar-refractivity contribution is -0.384. The van der Waals surface area contributed by atoms with Gasteiger partial charge >= 0.3 is 0 Å². The van der Waals surface area contributed by atoms with Crippen LogP contribution in [0.5, 0.6) is 0 Å². The van der Waals surface area contributed by atoms with E-state index in [1.165, 1.54) is 11.3 Å². The van der Waals surface area contributed by atoms with Crippen molar-refractivity contribution in [3.05, 3.63) is 39.4 Å². The van der Waals surface area contributed by atoms with Crippen LogP contribution in [0, 0.1) is 10.1 Å². The number of aromatic nitrogens is 2. The van der Waals surface area contributed by atoms with Crippen LogP contribution in [-0.4, -0.2) is 36.0 Å². The molecular formula is C15H19N5O5S2. The number of nitrogens with one attached hydrogen (secondary N) is 2. The fraction of sp³-hybridized carbons (Fsp3) is 0.400. The first-order valence-corrected chi connectivity index (χ1v) is 10.5. The summed E-state index contributed by atoms with van der Waals surface area (Å²) in [5.41, 5.74) is -0.205.